The Morgan fingerprint density at radius 2 is 2.12 bits per heavy atom. The number of rotatable bonds is 4. The van der Waals surface area contributed by atoms with Crippen molar-refractivity contribution in [2.24, 2.45) is 0 Å². The molecule has 0 amide bonds. The van der Waals surface area contributed by atoms with Gasteiger partial charge in [0.2, 0.25) is 10.0 Å². The third-order valence-electron chi connectivity index (χ3n) is 2.15. The molecule has 90 valence electrons. The van der Waals surface area contributed by atoms with Crippen LogP contribution in [0.15, 0.2) is 23.1 Å². The van der Waals surface area contributed by atoms with E-state index in [-0.39, 0.29) is 16.0 Å². The fourth-order valence-corrected chi connectivity index (χ4v) is 2.65. The van der Waals surface area contributed by atoms with Crippen molar-refractivity contribution in [3.63, 3.8) is 0 Å². The summed E-state index contributed by atoms with van der Waals surface area (Å²) in [6.45, 7) is 3.55. The molecule has 0 aliphatic carbocycles. The molecule has 1 atom stereocenters. The van der Waals surface area contributed by atoms with E-state index < -0.39 is 15.8 Å². The summed E-state index contributed by atoms with van der Waals surface area (Å²) < 4.78 is 39.2. The van der Waals surface area contributed by atoms with Crippen LogP contribution in [0, 0.1) is 5.82 Å². The van der Waals surface area contributed by atoms with E-state index >= 15 is 0 Å². The third kappa shape index (κ3) is 3.17. The number of benzene rings is 1. The van der Waals surface area contributed by atoms with Gasteiger partial charge in [0, 0.05) is 11.1 Å². The van der Waals surface area contributed by atoms with Crippen molar-refractivity contribution in [1.29, 1.82) is 0 Å². The Bertz CT molecular complexity index is 476. The zero-order valence-electron chi connectivity index (χ0n) is 9.00. The minimum absolute atomic E-state index is 0.167. The molecule has 16 heavy (non-hydrogen) atoms. The normalized spacial score (nSPS) is 13.8. The fourth-order valence-electron chi connectivity index (χ4n) is 1.10. The zero-order chi connectivity index (χ0) is 12.3. The van der Waals surface area contributed by atoms with Gasteiger partial charge in [-0.3, -0.25) is 0 Å². The molecule has 1 aromatic rings. The number of halogens is 2. The third-order valence-corrected chi connectivity index (χ3v) is 4.01. The summed E-state index contributed by atoms with van der Waals surface area (Å²) in [6, 6.07) is 3.24. The zero-order valence-corrected chi connectivity index (χ0v) is 10.6. The fraction of sp³-hybridized carbons (Fsp3) is 0.400. The highest BCUT2D eigenvalue weighted by Gasteiger charge is 2.20. The van der Waals surface area contributed by atoms with Crippen molar-refractivity contribution >= 4 is 21.6 Å². The Labute approximate surface area is 99.7 Å². The Hall–Kier alpha value is -0.650. The lowest BCUT2D eigenvalue weighted by Crippen LogP contribution is -2.32. The van der Waals surface area contributed by atoms with Gasteiger partial charge >= 0.3 is 0 Å². The summed E-state index contributed by atoms with van der Waals surface area (Å²) in [5, 5.41) is 0.167. The summed E-state index contributed by atoms with van der Waals surface area (Å²) in [7, 11) is -3.80. The maximum atomic E-state index is 13.4. The minimum atomic E-state index is -3.80. The smallest absolute Gasteiger partial charge is 0.208 e. The quantitative estimate of drug-likeness (QED) is 0.909. The second-order valence-electron chi connectivity index (χ2n) is 3.51. The molecule has 0 heterocycles. The summed E-state index contributed by atoms with van der Waals surface area (Å²) in [4.78, 5) is -0.378. The Balaban J connectivity index is 3.08. The molecule has 0 unspecified atom stereocenters. The second kappa shape index (κ2) is 5.12. The first-order valence-electron chi connectivity index (χ1n) is 4.84. The van der Waals surface area contributed by atoms with Crippen molar-refractivity contribution in [3.8, 4) is 0 Å². The van der Waals surface area contributed by atoms with E-state index in [1.807, 2.05) is 6.92 Å². The highest BCUT2D eigenvalue weighted by atomic mass is 35.5. The number of nitrogens with one attached hydrogen (secondary N) is 1. The van der Waals surface area contributed by atoms with Gasteiger partial charge in [0.1, 0.15) is 10.7 Å². The van der Waals surface area contributed by atoms with Crippen LogP contribution in [0.3, 0.4) is 0 Å². The van der Waals surface area contributed by atoms with Crippen molar-refractivity contribution in [3.05, 3.63) is 29.0 Å². The van der Waals surface area contributed by atoms with Crippen LogP contribution < -0.4 is 4.72 Å². The molecule has 0 aliphatic heterocycles. The van der Waals surface area contributed by atoms with E-state index in [9.17, 15) is 12.8 Å². The van der Waals surface area contributed by atoms with Gasteiger partial charge in [-0.15, -0.1) is 0 Å². The topological polar surface area (TPSA) is 46.2 Å². The maximum Gasteiger partial charge on any atom is 0.243 e. The predicted molar refractivity (Wildman–Crippen MR) is 61.5 cm³/mol. The van der Waals surface area contributed by atoms with Gasteiger partial charge in [0.05, 0.1) is 0 Å². The lowest BCUT2D eigenvalue weighted by Gasteiger charge is -2.12. The molecule has 1 N–H and O–H groups in total. The molecule has 1 rings (SSSR count). The lowest BCUT2D eigenvalue weighted by atomic mass is 10.3. The van der Waals surface area contributed by atoms with Crippen LogP contribution in [0.5, 0.6) is 0 Å². The summed E-state index contributed by atoms with van der Waals surface area (Å²) in [5.41, 5.74) is 0. The monoisotopic (exact) mass is 265 g/mol. The van der Waals surface area contributed by atoms with Gasteiger partial charge in [-0.1, -0.05) is 18.5 Å². The van der Waals surface area contributed by atoms with Crippen molar-refractivity contribution in [1.82, 2.24) is 4.72 Å². The molecular weight excluding hydrogens is 253 g/mol. The summed E-state index contributed by atoms with van der Waals surface area (Å²) >= 11 is 5.54. The molecule has 0 spiro atoms. The molecule has 3 nitrogen and oxygen atoms in total. The molecule has 6 heteroatoms. The SMILES string of the molecule is CC[C@@H](C)NS(=O)(=O)c1ccc(Cl)cc1F. The van der Waals surface area contributed by atoms with Crippen LogP contribution in [0.2, 0.25) is 5.02 Å². The molecule has 0 bridgehead atoms. The van der Waals surface area contributed by atoms with E-state index in [0.717, 1.165) is 12.1 Å². The number of hydrogen-bond donors (Lipinski definition) is 1. The molecular formula is C10H13ClFNO2S. The van der Waals surface area contributed by atoms with Crippen LogP contribution in [0.4, 0.5) is 4.39 Å². The van der Waals surface area contributed by atoms with E-state index in [0.29, 0.717) is 6.42 Å². The van der Waals surface area contributed by atoms with Gasteiger partial charge in [0.25, 0.3) is 0 Å². The van der Waals surface area contributed by atoms with Gasteiger partial charge in [-0.05, 0) is 31.5 Å². The van der Waals surface area contributed by atoms with Crippen LogP contribution in [0.1, 0.15) is 20.3 Å². The standard InChI is InChI=1S/C10H13ClFNO2S/c1-3-7(2)13-16(14,15)10-5-4-8(11)6-9(10)12/h4-7,13H,3H2,1-2H3/t7-/m1/s1. The van der Waals surface area contributed by atoms with Crippen LogP contribution in [-0.4, -0.2) is 14.5 Å². The van der Waals surface area contributed by atoms with Gasteiger partial charge in [0.15, 0.2) is 0 Å². The van der Waals surface area contributed by atoms with E-state index in [4.69, 9.17) is 11.6 Å². The van der Waals surface area contributed by atoms with Crippen LogP contribution in [0.25, 0.3) is 0 Å². The van der Waals surface area contributed by atoms with Gasteiger partial charge < -0.3 is 0 Å². The molecule has 1 aromatic carbocycles. The van der Waals surface area contributed by atoms with Crippen molar-refractivity contribution in [2.75, 3.05) is 0 Å². The molecule has 0 aromatic heterocycles. The molecule has 0 radical (unpaired) electrons. The van der Waals surface area contributed by atoms with Gasteiger partial charge in [-0.25, -0.2) is 17.5 Å². The first-order valence-corrected chi connectivity index (χ1v) is 6.70. The van der Waals surface area contributed by atoms with Crippen molar-refractivity contribution in [2.45, 2.75) is 31.2 Å². The molecule has 0 saturated heterocycles. The largest absolute Gasteiger partial charge is 0.243 e. The van der Waals surface area contributed by atoms with E-state index in [2.05, 4.69) is 4.72 Å². The van der Waals surface area contributed by atoms with E-state index in [1.165, 1.54) is 6.07 Å². The van der Waals surface area contributed by atoms with Gasteiger partial charge in [-0.2, -0.15) is 0 Å². The maximum absolute atomic E-state index is 13.4. The van der Waals surface area contributed by atoms with Crippen LogP contribution in [-0.2, 0) is 10.0 Å². The summed E-state index contributed by atoms with van der Waals surface area (Å²) in [5.74, 6) is -0.844. The number of hydrogen-bond acceptors (Lipinski definition) is 2. The average Bonchev–Trinajstić information content (AvgIpc) is 2.16. The number of sulfonamides is 1. The molecule has 0 fully saturated rings. The first-order chi connectivity index (χ1) is 7.36. The second-order valence-corrected chi connectivity index (χ2v) is 5.62. The van der Waals surface area contributed by atoms with Crippen molar-refractivity contribution < 1.29 is 12.8 Å². The van der Waals surface area contributed by atoms with Crippen LogP contribution >= 0.6 is 11.6 Å². The Morgan fingerprint density at radius 3 is 2.62 bits per heavy atom. The van der Waals surface area contributed by atoms with E-state index in [1.54, 1.807) is 6.92 Å². The minimum Gasteiger partial charge on any atom is -0.208 e. The first kappa shape index (κ1) is 13.4. The predicted octanol–water partition coefficient (Wildman–Crippen LogP) is 2.56. The highest BCUT2D eigenvalue weighted by Crippen LogP contribution is 2.19. The average molecular weight is 266 g/mol. The molecule has 0 aliphatic rings. The summed E-state index contributed by atoms with van der Waals surface area (Å²) in [6.07, 6.45) is 0.633. The Morgan fingerprint density at radius 1 is 1.50 bits per heavy atom. The molecule has 0 saturated carbocycles. The Kier molecular flexibility index (Phi) is 4.29. The highest BCUT2D eigenvalue weighted by molar-refractivity contribution is 7.89. The lowest BCUT2D eigenvalue weighted by molar-refractivity contribution is 0.539.